The van der Waals surface area contributed by atoms with Crippen LogP contribution in [0.3, 0.4) is 0 Å². The van der Waals surface area contributed by atoms with Gasteiger partial charge < -0.3 is 5.11 Å². The average Bonchev–Trinajstić information content (AvgIpc) is 1.84. The first-order valence-electron chi connectivity index (χ1n) is 2.80. The van der Waals surface area contributed by atoms with E-state index in [1.165, 1.54) is 0 Å². The molecule has 2 heteroatoms. The molecule has 0 bridgehead atoms. The van der Waals surface area contributed by atoms with E-state index in [2.05, 4.69) is 5.11 Å². The molecular weight excluding hydrogens is 92.1 g/mol. The highest BCUT2D eigenvalue weighted by molar-refractivity contribution is 5.69. The Bertz CT molecular complexity index is 82.5. The molecule has 0 aliphatic carbocycles. The van der Waals surface area contributed by atoms with Gasteiger partial charge in [0.05, 0.1) is 5.92 Å². The lowest BCUT2D eigenvalue weighted by atomic mass is 10.1. The van der Waals surface area contributed by atoms with Gasteiger partial charge in [0.15, 0.2) is 0 Å². The highest BCUT2D eigenvalue weighted by Crippen LogP contribution is 1.97. The van der Waals surface area contributed by atoms with Crippen LogP contribution >= 0.6 is 0 Å². The highest BCUT2D eigenvalue weighted by atomic mass is 16.4. The quantitative estimate of drug-likeness (QED) is 0.568. The Morgan fingerprint density at radius 3 is 2.86 bits per heavy atom. The van der Waals surface area contributed by atoms with Crippen molar-refractivity contribution in [1.29, 1.82) is 1.43 Å². The summed E-state index contributed by atoms with van der Waals surface area (Å²) in [6.07, 6.45) is 0.734. The minimum Gasteiger partial charge on any atom is -0.481 e. The molecule has 0 rings (SSSR count). The lowest BCUT2D eigenvalue weighted by molar-refractivity contribution is -0.141. The van der Waals surface area contributed by atoms with E-state index in [9.17, 15) is 4.79 Å². The normalized spacial score (nSPS) is 14.9. The highest BCUT2D eigenvalue weighted by Gasteiger charge is 2.05. The molecular formula is C5H10O2. The van der Waals surface area contributed by atoms with Crippen LogP contribution in [0.1, 0.15) is 20.3 Å². The molecule has 0 aromatic rings. The zero-order chi connectivity index (χ0) is 6.57. The summed E-state index contributed by atoms with van der Waals surface area (Å²) in [5, 5.41) is 3.71. The van der Waals surface area contributed by atoms with Gasteiger partial charge >= 0.3 is 5.97 Å². The van der Waals surface area contributed by atoms with Crippen LogP contribution in [0.25, 0.3) is 1.43 Å². The van der Waals surface area contributed by atoms with Gasteiger partial charge in [0.25, 0.3) is 1.43 Å². The maximum atomic E-state index is 10.3. The molecule has 2 nitrogen and oxygen atoms in total. The predicted octanol–water partition coefficient (Wildman–Crippen LogP) is 1.12. The molecule has 0 amide bonds. The van der Waals surface area contributed by atoms with Crippen molar-refractivity contribution in [3.63, 3.8) is 0 Å². The largest absolute Gasteiger partial charge is 0.481 e. The second kappa shape index (κ2) is 2.61. The van der Waals surface area contributed by atoms with Crippen molar-refractivity contribution in [2.24, 2.45) is 5.92 Å². The Balaban J connectivity index is 3.46. The fraction of sp³-hybridized carbons (Fsp3) is 0.800. The Hall–Kier alpha value is -0.530. The van der Waals surface area contributed by atoms with E-state index in [4.69, 9.17) is 1.43 Å². The summed E-state index contributed by atoms with van der Waals surface area (Å²) < 4.78 is 6.19. The van der Waals surface area contributed by atoms with Crippen molar-refractivity contribution in [1.82, 2.24) is 0 Å². The van der Waals surface area contributed by atoms with Crippen molar-refractivity contribution in [2.75, 3.05) is 0 Å². The molecule has 7 heavy (non-hydrogen) atoms. The first-order chi connectivity index (χ1) is 3.72. The minimum atomic E-state index is -0.451. The fourth-order valence-corrected chi connectivity index (χ4v) is 0.167. The Morgan fingerprint density at radius 2 is 2.71 bits per heavy atom. The molecule has 0 unspecified atom stereocenters. The molecule has 0 aromatic carbocycles. The lowest BCUT2D eigenvalue weighted by Gasteiger charge is -1.96. The van der Waals surface area contributed by atoms with Crippen molar-refractivity contribution in [3.8, 4) is 0 Å². The Morgan fingerprint density at radius 1 is 2.14 bits per heavy atom. The number of carbonyl (C=O) groups is 1. The van der Waals surface area contributed by atoms with Gasteiger partial charge in [-0.2, -0.15) is 0 Å². The van der Waals surface area contributed by atoms with Crippen molar-refractivity contribution < 1.29 is 9.90 Å². The van der Waals surface area contributed by atoms with Crippen LogP contribution in [0.5, 0.6) is 0 Å². The Labute approximate surface area is 44.6 Å². The summed E-state index contributed by atoms with van der Waals surface area (Å²) in [7, 11) is 0. The summed E-state index contributed by atoms with van der Waals surface area (Å²) in [5.74, 6) is -0.583. The molecule has 0 radical (unpaired) electrons. The van der Waals surface area contributed by atoms with Gasteiger partial charge in [-0.25, -0.2) is 0 Å². The smallest absolute Gasteiger partial charge is 0.306 e. The monoisotopic (exact) mass is 103 g/mol. The first-order valence-corrected chi connectivity index (χ1v) is 2.39. The molecule has 0 aromatic heterocycles. The number of rotatable bonds is 2. The molecule has 0 saturated carbocycles. The number of carboxylic acids is 1. The molecule has 0 aliphatic heterocycles. The third-order valence-corrected chi connectivity index (χ3v) is 1.01. The molecule has 0 spiro atoms. The van der Waals surface area contributed by atoms with Crippen LogP contribution < -0.4 is 0 Å². The van der Waals surface area contributed by atoms with E-state index in [0.717, 1.165) is 6.42 Å². The van der Waals surface area contributed by atoms with E-state index in [0.29, 0.717) is 0 Å². The standard InChI is InChI=1S/C5H10O2/c1-3-4(2)5(6)7/h4H,3H2,1-2H3,(H,6,7)/t4-/m1/s1/i/hD. The zero-order valence-corrected chi connectivity index (χ0v) is 4.60. The minimum absolute atomic E-state index is 0.132. The maximum Gasteiger partial charge on any atom is 0.306 e. The SMILES string of the molecule is [2H]OC(=O)[C@H](C)CC. The van der Waals surface area contributed by atoms with Gasteiger partial charge in [0.1, 0.15) is 0 Å². The van der Waals surface area contributed by atoms with Crippen molar-refractivity contribution in [3.05, 3.63) is 0 Å². The van der Waals surface area contributed by atoms with Crippen molar-refractivity contribution >= 4 is 5.97 Å². The van der Waals surface area contributed by atoms with Gasteiger partial charge in [-0.3, -0.25) is 4.79 Å². The summed E-state index contributed by atoms with van der Waals surface area (Å²) in [6.45, 7) is 3.61. The fourth-order valence-electron chi connectivity index (χ4n) is 0.167. The predicted molar refractivity (Wildman–Crippen MR) is 27.1 cm³/mol. The van der Waals surface area contributed by atoms with E-state index in [1.807, 2.05) is 6.92 Å². The number of hydrogen-bond donors (Lipinski definition) is 1. The number of carboxylic acid groups (broad SMARTS) is 1. The molecule has 1 N–H and O–H groups in total. The second-order valence-corrected chi connectivity index (χ2v) is 1.63. The van der Waals surface area contributed by atoms with Gasteiger partial charge in [0.2, 0.25) is 0 Å². The van der Waals surface area contributed by atoms with Crippen LogP contribution in [-0.4, -0.2) is 11.1 Å². The van der Waals surface area contributed by atoms with Crippen LogP contribution in [0.15, 0.2) is 0 Å². The number of aliphatic carboxylic acids is 1. The zero-order valence-electron chi connectivity index (χ0n) is 5.60. The summed E-state index contributed by atoms with van der Waals surface area (Å²) in [6, 6.07) is 0. The van der Waals surface area contributed by atoms with Gasteiger partial charge in [-0.1, -0.05) is 13.8 Å². The van der Waals surface area contributed by atoms with Gasteiger partial charge in [-0.15, -0.1) is 0 Å². The summed E-state index contributed by atoms with van der Waals surface area (Å²) in [5.41, 5.74) is 0. The average molecular weight is 103 g/mol. The second-order valence-electron chi connectivity index (χ2n) is 1.63. The van der Waals surface area contributed by atoms with E-state index < -0.39 is 5.97 Å². The molecule has 0 saturated heterocycles. The van der Waals surface area contributed by atoms with E-state index in [1.54, 1.807) is 6.92 Å². The van der Waals surface area contributed by atoms with Crippen LogP contribution in [-0.2, 0) is 4.79 Å². The Kier molecular flexibility index (Phi) is 1.72. The maximum absolute atomic E-state index is 10.3. The molecule has 42 valence electrons. The molecule has 0 heterocycles. The third kappa shape index (κ3) is 2.20. The lowest BCUT2D eigenvalue weighted by Crippen LogP contribution is -2.06. The van der Waals surface area contributed by atoms with Crippen LogP contribution in [0.2, 0.25) is 0 Å². The first kappa shape index (κ1) is 4.62. The third-order valence-electron chi connectivity index (χ3n) is 1.01. The van der Waals surface area contributed by atoms with E-state index >= 15 is 0 Å². The van der Waals surface area contributed by atoms with Crippen LogP contribution in [0.4, 0.5) is 0 Å². The summed E-state index contributed by atoms with van der Waals surface area (Å²) in [4.78, 5) is 10.3. The topological polar surface area (TPSA) is 37.3 Å². The summed E-state index contributed by atoms with van der Waals surface area (Å²) >= 11 is 0. The molecule has 1 atom stereocenters. The molecule has 0 aliphatic rings. The van der Waals surface area contributed by atoms with Gasteiger partial charge in [-0.05, 0) is 6.42 Å². The number of hydrogen-bond acceptors (Lipinski definition) is 2. The van der Waals surface area contributed by atoms with Crippen molar-refractivity contribution in [2.45, 2.75) is 20.3 Å². The van der Waals surface area contributed by atoms with E-state index in [-0.39, 0.29) is 5.92 Å². The van der Waals surface area contributed by atoms with Crippen LogP contribution in [0, 0.1) is 5.92 Å². The molecule has 0 fully saturated rings. The van der Waals surface area contributed by atoms with Gasteiger partial charge in [0, 0.05) is 0 Å².